The van der Waals surface area contributed by atoms with E-state index in [1.54, 1.807) is 0 Å². The third-order valence-corrected chi connectivity index (χ3v) is 3.28. The normalized spacial score (nSPS) is 13.7. The lowest BCUT2D eigenvalue weighted by molar-refractivity contribution is 0.101. The molecule has 0 amide bonds. The SMILES string of the molecule is O=C1CN(Cc2ccccc2)c2cc(O)c(O)cc21. The maximum atomic E-state index is 11.9. The lowest BCUT2D eigenvalue weighted by atomic mass is 10.1. The minimum Gasteiger partial charge on any atom is -0.504 e. The first-order valence-electron chi connectivity index (χ1n) is 6.03. The molecule has 0 bridgehead atoms. The molecule has 2 aromatic rings. The van der Waals surface area contributed by atoms with Gasteiger partial charge in [-0.25, -0.2) is 0 Å². The summed E-state index contributed by atoms with van der Waals surface area (Å²) in [7, 11) is 0. The van der Waals surface area contributed by atoms with Gasteiger partial charge in [-0.3, -0.25) is 4.79 Å². The molecule has 4 heteroatoms. The average Bonchev–Trinajstić information content (AvgIpc) is 2.68. The maximum Gasteiger partial charge on any atom is 0.184 e. The second-order valence-electron chi connectivity index (χ2n) is 4.62. The number of nitrogens with zero attached hydrogens (tertiary/aromatic N) is 1. The maximum absolute atomic E-state index is 11.9. The molecule has 1 aliphatic rings. The summed E-state index contributed by atoms with van der Waals surface area (Å²) in [5.41, 5.74) is 2.23. The highest BCUT2D eigenvalue weighted by molar-refractivity contribution is 6.09. The van der Waals surface area contributed by atoms with Crippen molar-refractivity contribution >= 4 is 11.5 Å². The number of hydrogen-bond acceptors (Lipinski definition) is 4. The minimum absolute atomic E-state index is 0.0405. The summed E-state index contributed by atoms with van der Waals surface area (Å²) < 4.78 is 0. The van der Waals surface area contributed by atoms with Crippen LogP contribution in [0.25, 0.3) is 0 Å². The Labute approximate surface area is 110 Å². The van der Waals surface area contributed by atoms with E-state index < -0.39 is 0 Å². The molecule has 0 radical (unpaired) electrons. The summed E-state index contributed by atoms with van der Waals surface area (Å²) in [6.45, 7) is 0.872. The van der Waals surface area contributed by atoms with Crippen LogP contribution >= 0.6 is 0 Å². The van der Waals surface area contributed by atoms with Crippen LogP contribution in [0.15, 0.2) is 42.5 Å². The van der Waals surface area contributed by atoms with Crippen LogP contribution in [-0.2, 0) is 6.54 Å². The Balaban J connectivity index is 1.96. The van der Waals surface area contributed by atoms with Gasteiger partial charge in [0.25, 0.3) is 0 Å². The van der Waals surface area contributed by atoms with Gasteiger partial charge < -0.3 is 15.1 Å². The van der Waals surface area contributed by atoms with Crippen LogP contribution in [0.4, 0.5) is 5.69 Å². The van der Waals surface area contributed by atoms with Crippen LogP contribution in [0.1, 0.15) is 15.9 Å². The van der Waals surface area contributed by atoms with Crippen molar-refractivity contribution in [2.24, 2.45) is 0 Å². The molecule has 4 nitrogen and oxygen atoms in total. The monoisotopic (exact) mass is 255 g/mol. The average molecular weight is 255 g/mol. The number of carbonyl (C=O) groups excluding carboxylic acids is 1. The third-order valence-electron chi connectivity index (χ3n) is 3.28. The molecule has 0 aromatic heterocycles. The van der Waals surface area contributed by atoms with Crippen molar-refractivity contribution in [2.45, 2.75) is 6.54 Å². The predicted molar refractivity (Wildman–Crippen MR) is 71.6 cm³/mol. The Morgan fingerprint density at radius 1 is 1.05 bits per heavy atom. The number of fused-ring (bicyclic) bond motifs is 1. The van der Waals surface area contributed by atoms with Gasteiger partial charge in [0.15, 0.2) is 17.3 Å². The number of benzene rings is 2. The lowest BCUT2D eigenvalue weighted by Crippen LogP contribution is -2.21. The van der Waals surface area contributed by atoms with Gasteiger partial charge >= 0.3 is 0 Å². The number of hydrogen-bond donors (Lipinski definition) is 2. The molecule has 2 aromatic carbocycles. The molecular weight excluding hydrogens is 242 g/mol. The number of aromatic hydroxyl groups is 2. The van der Waals surface area contributed by atoms with Crippen molar-refractivity contribution < 1.29 is 15.0 Å². The molecule has 1 heterocycles. The topological polar surface area (TPSA) is 60.8 Å². The van der Waals surface area contributed by atoms with Crippen molar-refractivity contribution in [3.8, 4) is 11.5 Å². The summed E-state index contributed by atoms with van der Waals surface area (Å²) in [6, 6.07) is 12.6. The van der Waals surface area contributed by atoms with Gasteiger partial charge in [0.1, 0.15) is 0 Å². The highest BCUT2D eigenvalue weighted by atomic mass is 16.3. The molecule has 1 aliphatic heterocycles. The molecule has 96 valence electrons. The second kappa shape index (κ2) is 4.31. The Morgan fingerprint density at radius 3 is 2.47 bits per heavy atom. The van der Waals surface area contributed by atoms with Crippen LogP contribution in [0.3, 0.4) is 0 Å². The molecule has 0 spiro atoms. The molecule has 0 atom stereocenters. The minimum atomic E-state index is -0.256. The predicted octanol–water partition coefficient (Wildman–Crippen LogP) is 2.30. The summed E-state index contributed by atoms with van der Waals surface area (Å²) in [5, 5.41) is 19.0. The van der Waals surface area contributed by atoms with E-state index in [4.69, 9.17) is 0 Å². The van der Waals surface area contributed by atoms with E-state index >= 15 is 0 Å². The van der Waals surface area contributed by atoms with Gasteiger partial charge in [0.05, 0.1) is 12.2 Å². The van der Waals surface area contributed by atoms with Crippen molar-refractivity contribution in [1.29, 1.82) is 0 Å². The quantitative estimate of drug-likeness (QED) is 0.808. The molecule has 0 unspecified atom stereocenters. The number of rotatable bonds is 2. The van der Waals surface area contributed by atoms with Crippen LogP contribution in [0.2, 0.25) is 0 Å². The third kappa shape index (κ3) is 2.01. The summed E-state index contributed by atoms with van der Waals surface area (Å²) >= 11 is 0. The standard InChI is InChI=1S/C15H13NO3/c17-13-6-11-12(7-14(13)18)16(9-15(11)19)8-10-4-2-1-3-5-10/h1-7,17-18H,8-9H2. The first kappa shape index (κ1) is 11.6. The smallest absolute Gasteiger partial charge is 0.184 e. The first-order chi connectivity index (χ1) is 9.15. The van der Waals surface area contributed by atoms with E-state index in [0.717, 1.165) is 5.56 Å². The van der Waals surface area contributed by atoms with E-state index in [2.05, 4.69) is 0 Å². The molecular formula is C15H13NO3. The summed E-state index contributed by atoms with van der Waals surface area (Å²) in [4.78, 5) is 13.8. The molecule has 3 rings (SSSR count). The molecule has 0 aliphatic carbocycles. The number of ketones is 1. The van der Waals surface area contributed by atoms with Gasteiger partial charge in [0, 0.05) is 18.2 Å². The molecule has 2 N–H and O–H groups in total. The van der Waals surface area contributed by atoms with E-state index in [9.17, 15) is 15.0 Å². The van der Waals surface area contributed by atoms with Crippen LogP contribution in [-0.4, -0.2) is 22.5 Å². The molecule has 0 saturated heterocycles. The van der Waals surface area contributed by atoms with Crippen LogP contribution < -0.4 is 4.90 Å². The molecule has 19 heavy (non-hydrogen) atoms. The number of phenols is 2. The number of carbonyl (C=O) groups is 1. The van der Waals surface area contributed by atoms with E-state index in [1.807, 2.05) is 35.2 Å². The van der Waals surface area contributed by atoms with Gasteiger partial charge in [-0.2, -0.15) is 0 Å². The van der Waals surface area contributed by atoms with E-state index in [-0.39, 0.29) is 23.8 Å². The summed E-state index contributed by atoms with van der Waals surface area (Å²) in [6.07, 6.45) is 0. The zero-order valence-electron chi connectivity index (χ0n) is 10.2. The van der Waals surface area contributed by atoms with Gasteiger partial charge in [0.2, 0.25) is 0 Å². The van der Waals surface area contributed by atoms with E-state index in [1.165, 1.54) is 12.1 Å². The largest absolute Gasteiger partial charge is 0.504 e. The van der Waals surface area contributed by atoms with Gasteiger partial charge in [-0.05, 0) is 11.6 Å². The van der Waals surface area contributed by atoms with E-state index in [0.29, 0.717) is 17.8 Å². The molecule has 0 fully saturated rings. The van der Waals surface area contributed by atoms with Gasteiger partial charge in [-0.15, -0.1) is 0 Å². The Bertz CT molecular complexity index is 637. The Kier molecular flexibility index (Phi) is 2.63. The fourth-order valence-electron chi connectivity index (χ4n) is 2.34. The van der Waals surface area contributed by atoms with Crippen molar-refractivity contribution in [3.63, 3.8) is 0 Å². The highest BCUT2D eigenvalue weighted by Gasteiger charge is 2.28. The van der Waals surface area contributed by atoms with Crippen LogP contribution in [0, 0.1) is 0 Å². The van der Waals surface area contributed by atoms with Gasteiger partial charge in [-0.1, -0.05) is 30.3 Å². The van der Waals surface area contributed by atoms with Crippen LogP contribution in [0.5, 0.6) is 11.5 Å². The fourth-order valence-corrected chi connectivity index (χ4v) is 2.34. The second-order valence-corrected chi connectivity index (χ2v) is 4.62. The fraction of sp³-hybridized carbons (Fsp3) is 0.133. The van der Waals surface area contributed by atoms with Crippen molar-refractivity contribution in [1.82, 2.24) is 0 Å². The number of phenolic OH excluding ortho intramolecular Hbond substituents is 2. The zero-order chi connectivity index (χ0) is 13.4. The number of Topliss-reactive ketones (excluding diaryl/α,β-unsaturated/α-hetero) is 1. The number of anilines is 1. The lowest BCUT2D eigenvalue weighted by Gasteiger charge is -2.18. The first-order valence-corrected chi connectivity index (χ1v) is 6.03. The zero-order valence-corrected chi connectivity index (χ0v) is 10.2. The molecule has 0 saturated carbocycles. The highest BCUT2D eigenvalue weighted by Crippen LogP contribution is 2.37. The summed E-state index contributed by atoms with van der Waals surface area (Å²) in [5.74, 6) is -0.499. The Hall–Kier alpha value is -2.49. The Morgan fingerprint density at radius 2 is 1.74 bits per heavy atom. The van der Waals surface area contributed by atoms with Crippen molar-refractivity contribution in [3.05, 3.63) is 53.6 Å². The van der Waals surface area contributed by atoms with Crippen molar-refractivity contribution in [2.75, 3.05) is 11.4 Å².